The molecule has 1 aromatic carbocycles. The van der Waals surface area contributed by atoms with Gasteiger partial charge in [0.1, 0.15) is 0 Å². The van der Waals surface area contributed by atoms with Crippen molar-refractivity contribution in [2.45, 2.75) is 13.5 Å². The molecule has 1 amide bonds. The van der Waals surface area contributed by atoms with Crippen molar-refractivity contribution in [3.8, 4) is 0 Å². The van der Waals surface area contributed by atoms with Gasteiger partial charge in [0.2, 0.25) is 0 Å². The Morgan fingerprint density at radius 3 is 2.77 bits per heavy atom. The number of nitro groups is 1. The monoisotopic (exact) mass is 316 g/mol. The third-order valence-corrected chi connectivity index (χ3v) is 4.07. The second kappa shape index (κ2) is 7.00. The molecule has 0 aliphatic carbocycles. The topological polar surface area (TPSA) is 63.5 Å². The van der Waals surface area contributed by atoms with Crippen LogP contribution in [0.15, 0.2) is 48.4 Å². The number of thiophene rings is 1. The zero-order valence-electron chi connectivity index (χ0n) is 12.2. The van der Waals surface area contributed by atoms with Crippen molar-refractivity contribution in [3.63, 3.8) is 0 Å². The molecule has 6 heteroatoms. The van der Waals surface area contributed by atoms with Crippen LogP contribution in [0.4, 0.5) is 5.69 Å². The maximum absolute atomic E-state index is 12.6. The van der Waals surface area contributed by atoms with Crippen LogP contribution in [0.5, 0.6) is 0 Å². The lowest BCUT2D eigenvalue weighted by Crippen LogP contribution is -2.30. The molecule has 0 saturated carbocycles. The Bertz CT molecular complexity index is 695. The lowest BCUT2D eigenvalue weighted by atomic mass is 10.1. The van der Waals surface area contributed by atoms with Gasteiger partial charge in [-0.25, -0.2) is 0 Å². The molecule has 22 heavy (non-hydrogen) atoms. The first-order valence-electron chi connectivity index (χ1n) is 6.70. The van der Waals surface area contributed by atoms with Gasteiger partial charge in [-0.1, -0.05) is 12.1 Å². The van der Waals surface area contributed by atoms with Gasteiger partial charge in [0, 0.05) is 28.6 Å². The van der Waals surface area contributed by atoms with E-state index in [1.165, 1.54) is 12.1 Å². The lowest BCUT2D eigenvalue weighted by Gasteiger charge is -2.20. The van der Waals surface area contributed by atoms with E-state index in [-0.39, 0.29) is 11.6 Å². The van der Waals surface area contributed by atoms with E-state index >= 15 is 0 Å². The Morgan fingerprint density at radius 2 is 2.23 bits per heavy atom. The van der Waals surface area contributed by atoms with Gasteiger partial charge in [0.25, 0.3) is 11.6 Å². The Morgan fingerprint density at radius 1 is 1.45 bits per heavy atom. The molecule has 2 rings (SSSR count). The second-order valence-electron chi connectivity index (χ2n) is 4.81. The van der Waals surface area contributed by atoms with Crippen molar-refractivity contribution < 1.29 is 9.72 Å². The van der Waals surface area contributed by atoms with Crippen molar-refractivity contribution in [2.75, 3.05) is 6.54 Å². The smallest absolute Gasteiger partial charge is 0.272 e. The van der Waals surface area contributed by atoms with E-state index in [0.717, 1.165) is 4.88 Å². The van der Waals surface area contributed by atoms with Crippen molar-refractivity contribution in [1.29, 1.82) is 0 Å². The minimum absolute atomic E-state index is 0.0186. The number of nitrogens with zero attached hydrogens (tertiary/aromatic N) is 2. The molecule has 0 saturated heterocycles. The molecule has 0 unspecified atom stereocenters. The predicted molar refractivity (Wildman–Crippen MR) is 87.1 cm³/mol. The van der Waals surface area contributed by atoms with Crippen LogP contribution in [0.3, 0.4) is 0 Å². The lowest BCUT2D eigenvalue weighted by molar-refractivity contribution is -0.385. The van der Waals surface area contributed by atoms with Crippen LogP contribution in [0, 0.1) is 17.0 Å². The molecule has 0 spiro atoms. The first-order chi connectivity index (χ1) is 10.5. The zero-order chi connectivity index (χ0) is 16.1. The first-order valence-corrected chi connectivity index (χ1v) is 7.58. The van der Waals surface area contributed by atoms with E-state index in [2.05, 4.69) is 6.58 Å². The summed E-state index contributed by atoms with van der Waals surface area (Å²) in [6.45, 7) is 6.23. The summed E-state index contributed by atoms with van der Waals surface area (Å²) < 4.78 is 0. The van der Waals surface area contributed by atoms with Gasteiger partial charge < -0.3 is 4.90 Å². The van der Waals surface area contributed by atoms with E-state index in [1.54, 1.807) is 35.3 Å². The van der Waals surface area contributed by atoms with Gasteiger partial charge in [-0.3, -0.25) is 14.9 Å². The number of benzene rings is 1. The number of rotatable bonds is 6. The number of amides is 1. The molecular formula is C16H16N2O3S. The fourth-order valence-corrected chi connectivity index (χ4v) is 2.86. The molecule has 1 heterocycles. The standard InChI is InChI=1S/C16H16N2O3S/c1-3-8-17(11-14-5-4-9-22-14)16(19)13-6-7-15(18(20)21)12(2)10-13/h3-7,9-10H,1,8,11H2,2H3. The highest BCUT2D eigenvalue weighted by Crippen LogP contribution is 2.21. The highest BCUT2D eigenvalue weighted by molar-refractivity contribution is 7.09. The number of hydrogen-bond acceptors (Lipinski definition) is 4. The molecule has 5 nitrogen and oxygen atoms in total. The summed E-state index contributed by atoms with van der Waals surface area (Å²) in [7, 11) is 0. The highest BCUT2D eigenvalue weighted by Gasteiger charge is 2.18. The van der Waals surface area contributed by atoms with E-state index in [1.807, 2.05) is 17.5 Å². The summed E-state index contributed by atoms with van der Waals surface area (Å²) >= 11 is 1.58. The van der Waals surface area contributed by atoms with Crippen LogP contribution in [0.2, 0.25) is 0 Å². The molecule has 0 atom stereocenters. The number of carbonyl (C=O) groups is 1. The van der Waals surface area contributed by atoms with Crippen LogP contribution in [-0.2, 0) is 6.54 Å². The minimum atomic E-state index is -0.448. The largest absolute Gasteiger partial charge is 0.330 e. The van der Waals surface area contributed by atoms with Crippen LogP contribution >= 0.6 is 11.3 Å². The highest BCUT2D eigenvalue weighted by atomic mass is 32.1. The molecule has 0 radical (unpaired) electrons. The molecule has 114 valence electrons. The third-order valence-electron chi connectivity index (χ3n) is 3.20. The van der Waals surface area contributed by atoms with E-state index in [4.69, 9.17) is 0 Å². The van der Waals surface area contributed by atoms with Crippen molar-refractivity contribution in [2.24, 2.45) is 0 Å². The van der Waals surface area contributed by atoms with Crippen molar-refractivity contribution in [3.05, 3.63) is 74.5 Å². The van der Waals surface area contributed by atoms with Crippen molar-refractivity contribution >= 4 is 22.9 Å². The molecule has 0 aliphatic rings. The fraction of sp³-hybridized carbons (Fsp3) is 0.188. The van der Waals surface area contributed by atoms with Gasteiger partial charge in [-0.05, 0) is 30.5 Å². The zero-order valence-corrected chi connectivity index (χ0v) is 13.0. The summed E-state index contributed by atoms with van der Waals surface area (Å²) in [6, 6.07) is 8.34. The van der Waals surface area contributed by atoms with Crippen molar-refractivity contribution in [1.82, 2.24) is 4.90 Å². The predicted octanol–water partition coefficient (Wildman–Crippen LogP) is 3.79. The van der Waals surface area contributed by atoms with Crippen LogP contribution < -0.4 is 0 Å². The molecule has 1 aromatic heterocycles. The third kappa shape index (κ3) is 3.59. The fourth-order valence-electron chi connectivity index (χ4n) is 2.14. The van der Waals surface area contributed by atoms with E-state index < -0.39 is 4.92 Å². The summed E-state index contributed by atoms with van der Waals surface area (Å²) in [4.78, 5) is 25.8. The number of aryl methyl sites for hydroxylation is 1. The van der Waals surface area contributed by atoms with Crippen LogP contribution in [0.1, 0.15) is 20.8 Å². The molecule has 2 aromatic rings. The van der Waals surface area contributed by atoms with Gasteiger partial charge in [0.15, 0.2) is 0 Å². The van der Waals surface area contributed by atoms with Gasteiger partial charge >= 0.3 is 0 Å². The van der Waals surface area contributed by atoms with Gasteiger partial charge in [0.05, 0.1) is 11.5 Å². The molecule has 0 aliphatic heterocycles. The Hall–Kier alpha value is -2.47. The van der Waals surface area contributed by atoms with Crippen LogP contribution in [-0.4, -0.2) is 22.3 Å². The second-order valence-corrected chi connectivity index (χ2v) is 5.84. The molecule has 0 fully saturated rings. The summed E-state index contributed by atoms with van der Waals surface area (Å²) in [5.74, 6) is -0.161. The Kier molecular flexibility index (Phi) is 5.06. The molecule has 0 N–H and O–H groups in total. The normalized spacial score (nSPS) is 10.2. The number of carbonyl (C=O) groups excluding carboxylic acids is 1. The molecular weight excluding hydrogens is 300 g/mol. The van der Waals surface area contributed by atoms with Crippen LogP contribution in [0.25, 0.3) is 0 Å². The maximum atomic E-state index is 12.6. The van der Waals surface area contributed by atoms with Gasteiger partial charge in [-0.15, -0.1) is 17.9 Å². The first kappa shape index (κ1) is 15.9. The summed E-state index contributed by atoms with van der Waals surface area (Å²) in [6.07, 6.45) is 1.67. The summed E-state index contributed by atoms with van der Waals surface area (Å²) in [5, 5.41) is 12.8. The van der Waals surface area contributed by atoms with E-state index in [9.17, 15) is 14.9 Å². The Labute approximate surface area is 132 Å². The number of nitro benzene ring substituents is 1. The number of hydrogen-bond donors (Lipinski definition) is 0. The average Bonchev–Trinajstić information content (AvgIpc) is 2.98. The average molecular weight is 316 g/mol. The Balaban J connectivity index is 2.24. The van der Waals surface area contributed by atoms with Gasteiger partial charge in [-0.2, -0.15) is 0 Å². The molecule has 0 bridgehead atoms. The quantitative estimate of drug-likeness (QED) is 0.462. The maximum Gasteiger partial charge on any atom is 0.272 e. The minimum Gasteiger partial charge on any atom is -0.330 e. The summed E-state index contributed by atoms with van der Waals surface area (Å²) in [5.41, 5.74) is 0.942. The van der Waals surface area contributed by atoms with E-state index in [0.29, 0.717) is 24.2 Å². The SMILES string of the molecule is C=CCN(Cc1cccs1)C(=O)c1ccc([N+](=O)[O-])c(C)c1.